The molecule has 0 N–H and O–H groups in total. The summed E-state index contributed by atoms with van der Waals surface area (Å²) in [6, 6.07) is 6.37. The monoisotopic (exact) mass is 281 g/mol. The highest BCUT2D eigenvalue weighted by Crippen LogP contribution is 2.28. The summed E-state index contributed by atoms with van der Waals surface area (Å²) in [4.78, 5) is 10.2. The number of nitro benzene ring substituents is 1. The molecule has 0 amide bonds. The van der Waals surface area contributed by atoms with Crippen molar-refractivity contribution in [2.24, 2.45) is 0 Å². The van der Waals surface area contributed by atoms with Gasteiger partial charge in [-0.05, 0) is 18.9 Å². The van der Waals surface area contributed by atoms with Gasteiger partial charge in [0.15, 0.2) is 0 Å². The van der Waals surface area contributed by atoms with Crippen molar-refractivity contribution in [2.75, 3.05) is 12.4 Å². The lowest BCUT2D eigenvalue weighted by molar-refractivity contribution is -0.384. The summed E-state index contributed by atoms with van der Waals surface area (Å²) >= 11 is 1.97. The molecule has 0 spiro atoms. The van der Waals surface area contributed by atoms with Gasteiger partial charge in [-0.2, -0.15) is 11.8 Å². The third kappa shape index (κ3) is 4.74. The first kappa shape index (κ1) is 14.2. The Bertz CT molecular complexity index is 419. The van der Waals surface area contributed by atoms with Gasteiger partial charge >= 0.3 is 0 Å². The second kappa shape index (κ2) is 7.38. The van der Waals surface area contributed by atoms with E-state index >= 15 is 0 Å². The van der Waals surface area contributed by atoms with Gasteiger partial charge < -0.3 is 4.74 Å². The molecular formula is C14H19NO3S. The Morgan fingerprint density at radius 1 is 1.32 bits per heavy atom. The lowest BCUT2D eigenvalue weighted by Gasteiger charge is -2.20. The fraction of sp³-hybridized carbons (Fsp3) is 0.571. The Morgan fingerprint density at radius 3 is 2.84 bits per heavy atom. The standard InChI is InChI=1S/C14H19NO3S/c16-15(17)12-5-4-6-13(11-12)18-9-10-19-14-7-2-1-3-8-14/h4-6,11,14H,1-3,7-10H2. The fourth-order valence-corrected chi connectivity index (χ4v) is 3.47. The van der Waals surface area contributed by atoms with Gasteiger partial charge in [0.25, 0.3) is 5.69 Å². The van der Waals surface area contributed by atoms with E-state index in [1.807, 2.05) is 11.8 Å². The smallest absolute Gasteiger partial charge is 0.273 e. The maximum atomic E-state index is 10.6. The predicted molar refractivity (Wildman–Crippen MR) is 77.9 cm³/mol. The molecule has 1 aromatic carbocycles. The molecule has 1 aliphatic rings. The van der Waals surface area contributed by atoms with Crippen molar-refractivity contribution in [3.05, 3.63) is 34.4 Å². The van der Waals surface area contributed by atoms with Crippen molar-refractivity contribution in [2.45, 2.75) is 37.4 Å². The van der Waals surface area contributed by atoms with Crippen LogP contribution in [0.3, 0.4) is 0 Å². The molecule has 4 nitrogen and oxygen atoms in total. The van der Waals surface area contributed by atoms with E-state index < -0.39 is 4.92 Å². The molecule has 2 rings (SSSR count). The molecule has 0 saturated heterocycles. The second-order valence-corrected chi connectivity index (χ2v) is 6.14. The number of ether oxygens (including phenoxy) is 1. The minimum atomic E-state index is -0.399. The number of nitro groups is 1. The topological polar surface area (TPSA) is 52.4 Å². The van der Waals surface area contributed by atoms with Gasteiger partial charge in [0.2, 0.25) is 0 Å². The van der Waals surface area contributed by atoms with Crippen molar-refractivity contribution in [1.29, 1.82) is 0 Å². The Balaban J connectivity index is 1.70. The van der Waals surface area contributed by atoms with E-state index in [2.05, 4.69) is 0 Å². The van der Waals surface area contributed by atoms with Crippen molar-refractivity contribution >= 4 is 17.4 Å². The molecule has 0 atom stereocenters. The summed E-state index contributed by atoms with van der Waals surface area (Å²) < 4.78 is 5.56. The molecule has 0 radical (unpaired) electrons. The van der Waals surface area contributed by atoms with Gasteiger partial charge in [-0.3, -0.25) is 10.1 Å². The van der Waals surface area contributed by atoms with Gasteiger partial charge in [0.05, 0.1) is 17.6 Å². The van der Waals surface area contributed by atoms with E-state index in [1.165, 1.54) is 44.2 Å². The van der Waals surface area contributed by atoms with E-state index in [9.17, 15) is 10.1 Å². The fourth-order valence-electron chi connectivity index (χ4n) is 2.29. The third-order valence-corrected chi connectivity index (χ3v) is 4.63. The van der Waals surface area contributed by atoms with Gasteiger partial charge in [-0.15, -0.1) is 0 Å². The lowest BCUT2D eigenvalue weighted by atomic mass is 10.0. The van der Waals surface area contributed by atoms with Crippen LogP contribution in [0.1, 0.15) is 32.1 Å². The number of hydrogen-bond acceptors (Lipinski definition) is 4. The minimum Gasteiger partial charge on any atom is -0.492 e. The molecule has 5 heteroatoms. The summed E-state index contributed by atoms with van der Waals surface area (Å²) in [6.45, 7) is 0.613. The van der Waals surface area contributed by atoms with Crippen LogP contribution in [0, 0.1) is 10.1 Å². The molecular weight excluding hydrogens is 262 g/mol. The number of thioether (sulfide) groups is 1. The van der Waals surface area contributed by atoms with Crippen molar-refractivity contribution in [3.63, 3.8) is 0 Å². The summed E-state index contributed by atoms with van der Waals surface area (Å²) in [5.41, 5.74) is 0.0810. The number of hydrogen-bond donors (Lipinski definition) is 0. The highest BCUT2D eigenvalue weighted by molar-refractivity contribution is 7.99. The van der Waals surface area contributed by atoms with E-state index in [4.69, 9.17) is 4.74 Å². The quantitative estimate of drug-likeness (QED) is 0.448. The second-order valence-electron chi connectivity index (χ2n) is 4.73. The van der Waals surface area contributed by atoms with Gasteiger partial charge in [-0.1, -0.05) is 25.3 Å². The number of non-ortho nitro benzene ring substituents is 1. The molecule has 19 heavy (non-hydrogen) atoms. The molecule has 1 saturated carbocycles. The van der Waals surface area contributed by atoms with Crippen LogP contribution in [-0.4, -0.2) is 22.5 Å². The van der Waals surface area contributed by atoms with Crippen molar-refractivity contribution in [1.82, 2.24) is 0 Å². The lowest BCUT2D eigenvalue weighted by Crippen LogP contribution is -2.11. The van der Waals surface area contributed by atoms with E-state index in [0.717, 1.165) is 11.0 Å². The van der Waals surface area contributed by atoms with Crippen LogP contribution in [0.5, 0.6) is 5.75 Å². The molecule has 1 aliphatic carbocycles. The van der Waals surface area contributed by atoms with Gasteiger partial charge in [-0.25, -0.2) is 0 Å². The van der Waals surface area contributed by atoms with E-state index in [-0.39, 0.29) is 5.69 Å². The van der Waals surface area contributed by atoms with E-state index in [0.29, 0.717) is 12.4 Å². The minimum absolute atomic E-state index is 0.0810. The van der Waals surface area contributed by atoms with Crippen molar-refractivity contribution in [3.8, 4) is 5.75 Å². The zero-order valence-corrected chi connectivity index (χ0v) is 11.7. The number of benzene rings is 1. The molecule has 0 aliphatic heterocycles. The van der Waals surface area contributed by atoms with Crippen LogP contribution in [0.2, 0.25) is 0 Å². The first-order valence-corrected chi connectivity index (χ1v) is 7.79. The maximum Gasteiger partial charge on any atom is 0.273 e. The van der Waals surface area contributed by atoms with Crippen molar-refractivity contribution < 1.29 is 9.66 Å². The predicted octanol–water partition coefficient (Wildman–Crippen LogP) is 4.04. The molecule has 1 fully saturated rings. The zero-order valence-electron chi connectivity index (χ0n) is 10.9. The first-order chi connectivity index (χ1) is 9.25. The number of rotatable bonds is 6. The molecule has 0 heterocycles. The number of nitrogens with zero attached hydrogens (tertiary/aromatic N) is 1. The van der Waals surface area contributed by atoms with Gasteiger partial charge in [0, 0.05) is 17.1 Å². The van der Waals surface area contributed by atoms with Crippen LogP contribution in [-0.2, 0) is 0 Å². The molecule has 0 unspecified atom stereocenters. The van der Waals surface area contributed by atoms with E-state index in [1.54, 1.807) is 12.1 Å². The van der Waals surface area contributed by atoms with Crippen LogP contribution >= 0.6 is 11.8 Å². The third-order valence-electron chi connectivity index (χ3n) is 3.29. The normalized spacial score (nSPS) is 16.2. The highest BCUT2D eigenvalue weighted by Gasteiger charge is 2.13. The van der Waals surface area contributed by atoms with Crippen LogP contribution in [0.15, 0.2) is 24.3 Å². The van der Waals surface area contributed by atoms with Gasteiger partial charge in [0.1, 0.15) is 5.75 Å². The Hall–Kier alpha value is -1.23. The van der Waals surface area contributed by atoms with Crippen LogP contribution < -0.4 is 4.74 Å². The largest absolute Gasteiger partial charge is 0.492 e. The molecule has 104 valence electrons. The average molecular weight is 281 g/mol. The Morgan fingerprint density at radius 2 is 2.11 bits per heavy atom. The summed E-state index contributed by atoms with van der Waals surface area (Å²) in [7, 11) is 0. The molecule has 0 bridgehead atoms. The summed E-state index contributed by atoms with van der Waals surface area (Å²) in [6.07, 6.45) is 6.72. The van der Waals surface area contributed by atoms with Crippen LogP contribution in [0.25, 0.3) is 0 Å². The van der Waals surface area contributed by atoms with Crippen LogP contribution in [0.4, 0.5) is 5.69 Å². The first-order valence-electron chi connectivity index (χ1n) is 6.74. The Kier molecular flexibility index (Phi) is 5.51. The summed E-state index contributed by atoms with van der Waals surface area (Å²) in [5.74, 6) is 1.53. The highest BCUT2D eigenvalue weighted by atomic mass is 32.2. The average Bonchev–Trinajstić information content (AvgIpc) is 2.45. The summed E-state index contributed by atoms with van der Waals surface area (Å²) in [5, 5.41) is 11.4. The zero-order chi connectivity index (χ0) is 13.5. The SMILES string of the molecule is O=[N+]([O-])c1cccc(OCCSC2CCCCC2)c1. The molecule has 1 aromatic rings. The maximum absolute atomic E-state index is 10.6. The Labute approximate surface area is 117 Å². The molecule has 0 aromatic heterocycles.